The maximum Gasteiger partial charge on any atom is 0.228 e. The maximum absolute atomic E-state index is 12.3. The Morgan fingerprint density at radius 2 is 2.32 bits per heavy atom. The third kappa shape index (κ3) is 2.45. The van der Waals surface area contributed by atoms with Gasteiger partial charge in [-0.3, -0.25) is 4.79 Å². The van der Waals surface area contributed by atoms with Crippen LogP contribution in [0.5, 0.6) is 0 Å². The number of nitrogens with zero attached hydrogens (tertiary/aromatic N) is 1. The Balaban J connectivity index is 1.71. The molecule has 0 fully saturated rings. The Morgan fingerprint density at radius 1 is 1.42 bits per heavy atom. The zero-order valence-corrected chi connectivity index (χ0v) is 10.5. The van der Waals surface area contributed by atoms with E-state index in [1.165, 1.54) is 0 Å². The zero-order chi connectivity index (χ0) is 13.1. The van der Waals surface area contributed by atoms with Crippen molar-refractivity contribution in [1.29, 1.82) is 0 Å². The normalized spacial score (nSPS) is 17.4. The van der Waals surface area contributed by atoms with E-state index in [2.05, 4.69) is 20.6 Å². The standard InChI is InChI=1S/C14H16N4O/c19-14(17-8-10-7-15-9-18-10)12-5-6-16-13-4-2-1-3-11(12)13/h1-4,7,9,12,16H,5-6,8H2,(H,15,18)(H,17,19). The highest BCUT2D eigenvalue weighted by Gasteiger charge is 2.25. The molecule has 98 valence electrons. The van der Waals surface area contributed by atoms with Crippen molar-refractivity contribution in [2.24, 2.45) is 0 Å². The van der Waals surface area contributed by atoms with Gasteiger partial charge in [-0.2, -0.15) is 0 Å². The van der Waals surface area contributed by atoms with E-state index in [9.17, 15) is 4.79 Å². The second-order valence-electron chi connectivity index (χ2n) is 4.65. The van der Waals surface area contributed by atoms with E-state index >= 15 is 0 Å². The van der Waals surface area contributed by atoms with Crippen molar-refractivity contribution < 1.29 is 4.79 Å². The summed E-state index contributed by atoms with van der Waals surface area (Å²) in [6.07, 6.45) is 4.16. The number of carbonyl (C=O) groups excluding carboxylic acids is 1. The van der Waals surface area contributed by atoms with Crippen molar-refractivity contribution in [1.82, 2.24) is 15.3 Å². The summed E-state index contributed by atoms with van der Waals surface area (Å²) in [6.45, 7) is 1.32. The molecule has 3 rings (SSSR count). The molecule has 0 saturated carbocycles. The van der Waals surface area contributed by atoms with Crippen LogP contribution in [0.15, 0.2) is 36.8 Å². The van der Waals surface area contributed by atoms with E-state index in [0.717, 1.165) is 29.9 Å². The van der Waals surface area contributed by atoms with Gasteiger partial charge < -0.3 is 15.6 Å². The number of benzene rings is 1. The molecule has 0 bridgehead atoms. The van der Waals surface area contributed by atoms with Crippen LogP contribution >= 0.6 is 0 Å². The molecule has 0 radical (unpaired) electrons. The molecule has 0 aliphatic carbocycles. The molecule has 2 heterocycles. The summed E-state index contributed by atoms with van der Waals surface area (Å²) in [5.41, 5.74) is 3.06. The number of hydrogen-bond donors (Lipinski definition) is 3. The largest absolute Gasteiger partial charge is 0.385 e. The van der Waals surface area contributed by atoms with E-state index in [0.29, 0.717) is 6.54 Å². The van der Waals surface area contributed by atoms with Crippen LogP contribution in [0.4, 0.5) is 5.69 Å². The highest BCUT2D eigenvalue weighted by atomic mass is 16.1. The molecule has 3 N–H and O–H groups in total. The number of para-hydroxylation sites is 1. The van der Waals surface area contributed by atoms with Gasteiger partial charge in [0.2, 0.25) is 5.91 Å². The van der Waals surface area contributed by atoms with E-state index in [4.69, 9.17) is 0 Å². The lowest BCUT2D eigenvalue weighted by molar-refractivity contribution is -0.122. The third-order valence-corrected chi connectivity index (χ3v) is 3.41. The molecule has 0 spiro atoms. The predicted octanol–water partition coefficient (Wildman–Crippen LogP) is 1.63. The van der Waals surface area contributed by atoms with E-state index in [-0.39, 0.29) is 11.8 Å². The van der Waals surface area contributed by atoms with Crippen LogP contribution in [0.1, 0.15) is 23.6 Å². The van der Waals surface area contributed by atoms with Crippen molar-refractivity contribution in [3.05, 3.63) is 48.0 Å². The number of aromatic amines is 1. The summed E-state index contributed by atoms with van der Waals surface area (Å²) in [4.78, 5) is 19.2. The second kappa shape index (κ2) is 5.14. The molecule has 1 aliphatic heterocycles. The Hall–Kier alpha value is -2.30. The fourth-order valence-corrected chi connectivity index (χ4v) is 2.43. The topological polar surface area (TPSA) is 69.8 Å². The van der Waals surface area contributed by atoms with Gasteiger partial charge in [0.15, 0.2) is 0 Å². The van der Waals surface area contributed by atoms with Crippen LogP contribution < -0.4 is 10.6 Å². The fraction of sp³-hybridized carbons (Fsp3) is 0.286. The highest BCUT2D eigenvalue weighted by molar-refractivity contribution is 5.86. The minimum atomic E-state index is -0.0691. The summed E-state index contributed by atoms with van der Waals surface area (Å²) in [5.74, 6) is 0.00363. The number of nitrogens with one attached hydrogen (secondary N) is 3. The number of carbonyl (C=O) groups is 1. The van der Waals surface area contributed by atoms with Gasteiger partial charge in [-0.1, -0.05) is 18.2 Å². The van der Waals surface area contributed by atoms with E-state index in [1.807, 2.05) is 24.3 Å². The van der Waals surface area contributed by atoms with Crippen LogP contribution in [0.3, 0.4) is 0 Å². The Bertz CT molecular complexity index is 565. The number of aromatic nitrogens is 2. The van der Waals surface area contributed by atoms with Gasteiger partial charge in [0.25, 0.3) is 0 Å². The monoisotopic (exact) mass is 256 g/mol. The minimum absolute atomic E-state index is 0.0691. The summed E-state index contributed by atoms with van der Waals surface area (Å²) in [7, 11) is 0. The molecular weight excluding hydrogens is 240 g/mol. The first-order chi connectivity index (χ1) is 9.34. The number of imidazole rings is 1. The molecule has 1 aliphatic rings. The molecule has 1 unspecified atom stereocenters. The SMILES string of the molecule is O=C(NCc1cnc[nH]1)C1CCNc2ccccc21. The summed E-state index contributed by atoms with van der Waals surface area (Å²) < 4.78 is 0. The molecule has 1 atom stereocenters. The number of anilines is 1. The Kier molecular flexibility index (Phi) is 3.18. The van der Waals surface area contributed by atoms with Crippen LogP contribution in [0.2, 0.25) is 0 Å². The molecule has 2 aromatic rings. The lowest BCUT2D eigenvalue weighted by Crippen LogP contribution is -2.32. The van der Waals surface area contributed by atoms with Gasteiger partial charge in [0, 0.05) is 18.4 Å². The van der Waals surface area contributed by atoms with Crippen molar-refractivity contribution in [3.8, 4) is 0 Å². The number of hydrogen-bond acceptors (Lipinski definition) is 3. The molecule has 5 heteroatoms. The molecule has 0 saturated heterocycles. The zero-order valence-electron chi connectivity index (χ0n) is 10.5. The third-order valence-electron chi connectivity index (χ3n) is 3.41. The molecule has 1 amide bonds. The number of amides is 1. The van der Waals surface area contributed by atoms with Crippen LogP contribution in [0.25, 0.3) is 0 Å². The van der Waals surface area contributed by atoms with Gasteiger partial charge in [0.05, 0.1) is 24.5 Å². The minimum Gasteiger partial charge on any atom is -0.385 e. The summed E-state index contributed by atoms with van der Waals surface area (Å²) in [6, 6.07) is 7.99. The molecule has 19 heavy (non-hydrogen) atoms. The first-order valence-corrected chi connectivity index (χ1v) is 6.42. The number of fused-ring (bicyclic) bond motifs is 1. The Labute approximate surface area is 111 Å². The molecule has 1 aromatic carbocycles. The highest BCUT2D eigenvalue weighted by Crippen LogP contribution is 2.31. The van der Waals surface area contributed by atoms with Gasteiger partial charge in [-0.25, -0.2) is 4.98 Å². The lowest BCUT2D eigenvalue weighted by Gasteiger charge is -2.25. The predicted molar refractivity (Wildman–Crippen MR) is 72.7 cm³/mol. The lowest BCUT2D eigenvalue weighted by atomic mass is 9.90. The molecule has 5 nitrogen and oxygen atoms in total. The average Bonchev–Trinajstić information content (AvgIpc) is 2.97. The van der Waals surface area contributed by atoms with Gasteiger partial charge >= 0.3 is 0 Å². The number of rotatable bonds is 3. The van der Waals surface area contributed by atoms with Gasteiger partial charge in [-0.15, -0.1) is 0 Å². The van der Waals surface area contributed by atoms with Crippen LogP contribution in [-0.2, 0) is 11.3 Å². The first kappa shape index (κ1) is 11.8. The van der Waals surface area contributed by atoms with Gasteiger partial charge in [-0.05, 0) is 18.1 Å². The quantitative estimate of drug-likeness (QED) is 0.781. The smallest absolute Gasteiger partial charge is 0.228 e. The van der Waals surface area contributed by atoms with Crippen LogP contribution in [-0.4, -0.2) is 22.4 Å². The number of H-pyrrole nitrogens is 1. The van der Waals surface area contributed by atoms with E-state index in [1.54, 1.807) is 12.5 Å². The molecule has 1 aromatic heterocycles. The van der Waals surface area contributed by atoms with Crippen molar-refractivity contribution in [2.75, 3.05) is 11.9 Å². The first-order valence-electron chi connectivity index (χ1n) is 6.42. The van der Waals surface area contributed by atoms with Crippen molar-refractivity contribution in [2.45, 2.75) is 18.9 Å². The van der Waals surface area contributed by atoms with Crippen molar-refractivity contribution >= 4 is 11.6 Å². The van der Waals surface area contributed by atoms with Crippen LogP contribution in [0, 0.1) is 0 Å². The fourth-order valence-electron chi connectivity index (χ4n) is 2.43. The summed E-state index contributed by atoms with van der Waals surface area (Å²) in [5, 5.41) is 6.28. The average molecular weight is 256 g/mol. The Morgan fingerprint density at radius 3 is 3.16 bits per heavy atom. The van der Waals surface area contributed by atoms with Gasteiger partial charge in [0.1, 0.15) is 0 Å². The summed E-state index contributed by atoms with van der Waals surface area (Å²) >= 11 is 0. The second-order valence-corrected chi connectivity index (χ2v) is 4.65. The maximum atomic E-state index is 12.3. The molecular formula is C14H16N4O. The van der Waals surface area contributed by atoms with Crippen molar-refractivity contribution in [3.63, 3.8) is 0 Å². The van der Waals surface area contributed by atoms with E-state index < -0.39 is 0 Å².